The van der Waals surface area contributed by atoms with E-state index in [0.29, 0.717) is 6.54 Å². The second kappa shape index (κ2) is 6.46. The highest BCUT2D eigenvalue weighted by molar-refractivity contribution is 5.96. The van der Waals surface area contributed by atoms with E-state index in [1.54, 1.807) is 0 Å². The third kappa shape index (κ3) is 3.04. The van der Waals surface area contributed by atoms with Crippen molar-refractivity contribution in [1.82, 2.24) is 4.90 Å². The molecule has 0 unspecified atom stereocenters. The molecule has 1 aliphatic rings. The summed E-state index contributed by atoms with van der Waals surface area (Å²) in [6, 6.07) is 13.0. The van der Waals surface area contributed by atoms with Crippen molar-refractivity contribution in [3.8, 4) is 0 Å². The second-order valence-electron chi connectivity index (χ2n) is 5.96. The molecule has 0 aliphatic carbocycles. The standard InChI is InChI=1S/C18H25N3/c1-20(12-13-21-10-4-5-11-21)18-9-8-15(14-19)16-6-2-3-7-17(16)18/h2-3,6-9H,4-5,10-14,19H2,1H3. The lowest BCUT2D eigenvalue weighted by atomic mass is 10.0. The van der Waals surface area contributed by atoms with Gasteiger partial charge in [0.2, 0.25) is 0 Å². The van der Waals surface area contributed by atoms with Crippen LogP contribution in [0, 0.1) is 0 Å². The summed E-state index contributed by atoms with van der Waals surface area (Å²) in [5.41, 5.74) is 8.39. The van der Waals surface area contributed by atoms with Crippen LogP contribution in [-0.2, 0) is 6.54 Å². The Hall–Kier alpha value is -1.58. The van der Waals surface area contributed by atoms with E-state index in [2.05, 4.69) is 53.2 Å². The molecule has 0 radical (unpaired) electrons. The normalized spacial score (nSPS) is 15.7. The molecule has 3 nitrogen and oxygen atoms in total. The number of hydrogen-bond acceptors (Lipinski definition) is 3. The number of likely N-dealkylation sites (N-methyl/N-ethyl adjacent to an activating group) is 1. The maximum atomic E-state index is 5.86. The first-order chi connectivity index (χ1) is 10.3. The summed E-state index contributed by atoms with van der Waals surface area (Å²) in [5, 5.41) is 2.59. The van der Waals surface area contributed by atoms with Crippen LogP contribution in [0.1, 0.15) is 18.4 Å². The Balaban J connectivity index is 1.82. The van der Waals surface area contributed by atoms with Gasteiger partial charge in [-0.1, -0.05) is 30.3 Å². The lowest BCUT2D eigenvalue weighted by molar-refractivity contribution is 0.347. The van der Waals surface area contributed by atoms with Crippen molar-refractivity contribution in [2.75, 3.05) is 38.1 Å². The van der Waals surface area contributed by atoms with E-state index in [1.807, 2.05) is 0 Å². The van der Waals surface area contributed by atoms with Crippen molar-refractivity contribution < 1.29 is 0 Å². The Kier molecular flexibility index (Phi) is 4.42. The molecule has 112 valence electrons. The summed E-state index contributed by atoms with van der Waals surface area (Å²) in [6.07, 6.45) is 2.72. The Morgan fingerprint density at radius 1 is 1.05 bits per heavy atom. The molecule has 3 rings (SSSR count). The summed E-state index contributed by atoms with van der Waals surface area (Å²) in [5.74, 6) is 0. The molecule has 1 fully saturated rings. The third-order valence-corrected chi connectivity index (χ3v) is 4.57. The fraction of sp³-hybridized carbons (Fsp3) is 0.444. The van der Waals surface area contributed by atoms with Crippen LogP contribution in [0.25, 0.3) is 10.8 Å². The summed E-state index contributed by atoms with van der Waals surface area (Å²) in [6.45, 7) is 5.36. The quantitative estimate of drug-likeness (QED) is 0.916. The van der Waals surface area contributed by atoms with Gasteiger partial charge in [-0.2, -0.15) is 0 Å². The van der Waals surface area contributed by atoms with Gasteiger partial charge in [0.1, 0.15) is 0 Å². The summed E-state index contributed by atoms with van der Waals surface area (Å²) in [4.78, 5) is 4.94. The minimum absolute atomic E-state index is 0.596. The number of hydrogen-bond donors (Lipinski definition) is 1. The highest BCUT2D eigenvalue weighted by atomic mass is 15.2. The predicted octanol–water partition coefficient (Wildman–Crippen LogP) is 2.83. The molecule has 0 atom stereocenters. The van der Waals surface area contributed by atoms with E-state index in [-0.39, 0.29) is 0 Å². The molecule has 2 aromatic carbocycles. The first kappa shape index (κ1) is 14.4. The molecular weight excluding hydrogens is 258 g/mol. The van der Waals surface area contributed by atoms with Crippen molar-refractivity contribution in [2.45, 2.75) is 19.4 Å². The van der Waals surface area contributed by atoms with E-state index in [4.69, 9.17) is 5.73 Å². The van der Waals surface area contributed by atoms with Crippen LogP contribution in [0.15, 0.2) is 36.4 Å². The highest BCUT2D eigenvalue weighted by Crippen LogP contribution is 2.28. The Morgan fingerprint density at radius 2 is 1.76 bits per heavy atom. The average Bonchev–Trinajstić information content (AvgIpc) is 3.05. The Morgan fingerprint density at radius 3 is 2.48 bits per heavy atom. The van der Waals surface area contributed by atoms with Crippen molar-refractivity contribution in [3.05, 3.63) is 42.0 Å². The van der Waals surface area contributed by atoms with Gasteiger partial charge in [-0.05, 0) is 42.9 Å². The van der Waals surface area contributed by atoms with Gasteiger partial charge in [0, 0.05) is 37.8 Å². The first-order valence-corrected chi connectivity index (χ1v) is 7.94. The van der Waals surface area contributed by atoms with Crippen molar-refractivity contribution >= 4 is 16.5 Å². The minimum Gasteiger partial charge on any atom is -0.373 e. The molecule has 0 amide bonds. The van der Waals surface area contributed by atoms with E-state index < -0.39 is 0 Å². The number of likely N-dealkylation sites (tertiary alicyclic amines) is 1. The van der Waals surface area contributed by atoms with Crippen LogP contribution >= 0.6 is 0 Å². The lowest BCUT2D eigenvalue weighted by Crippen LogP contribution is -2.31. The zero-order valence-corrected chi connectivity index (χ0v) is 12.9. The number of anilines is 1. The van der Waals surface area contributed by atoms with Gasteiger partial charge in [-0.3, -0.25) is 0 Å². The molecule has 2 N–H and O–H groups in total. The molecule has 1 heterocycles. The van der Waals surface area contributed by atoms with E-state index in [9.17, 15) is 0 Å². The van der Waals surface area contributed by atoms with E-state index >= 15 is 0 Å². The SMILES string of the molecule is CN(CCN1CCCC1)c1ccc(CN)c2ccccc12. The molecule has 0 bridgehead atoms. The van der Waals surface area contributed by atoms with Gasteiger partial charge in [0.25, 0.3) is 0 Å². The summed E-state index contributed by atoms with van der Waals surface area (Å²) < 4.78 is 0. The number of nitrogens with zero attached hydrogens (tertiary/aromatic N) is 2. The van der Waals surface area contributed by atoms with Gasteiger partial charge >= 0.3 is 0 Å². The van der Waals surface area contributed by atoms with Gasteiger partial charge in [-0.25, -0.2) is 0 Å². The Bertz CT molecular complexity index is 602. The monoisotopic (exact) mass is 283 g/mol. The lowest BCUT2D eigenvalue weighted by Gasteiger charge is -2.25. The maximum absolute atomic E-state index is 5.86. The van der Waals surface area contributed by atoms with Gasteiger partial charge < -0.3 is 15.5 Å². The van der Waals surface area contributed by atoms with Crippen LogP contribution in [0.5, 0.6) is 0 Å². The smallest absolute Gasteiger partial charge is 0.0443 e. The van der Waals surface area contributed by atoms with Gasteiger partial charge in [0.05, 0.1) is 0 Å². The molecule has 2 aromatic rings. The molecule has 1 aliphatic heterocycles. The van der Waals surface area contributed by atoms with Crippen LogP contribution in [0.2, 0.25) is 0 Å². The van der Waals surface area contributed by atoms with Crippen LogP contribution in [0.3, 0.4) is 0 Å². The van der Waals surface area contributed by atoms with Crippen LogP contribution < -0.4 is 10.6 Å². The first-order valence-electron chi connectivity index (χ1n) is 7.94. The summed E-state index contributed by atoms with van der Waals surface area (Å²) in [7, 11) is 2.19. The van der Waals surface area contributed by atoms with E-state index in [1.165, 1.54) is 48.0 Å². The zero-order chi connectivity index (χ0) is 14.7. The third-order valence-electron chi connectivity index (χ3n) is 4.57. The van der Waals surface area contributed by atoms with Crippen LogP contribution in [0.4, 0.5) is 5.69 Å². The summed E-state index contributed by atoms with van der Waals surface area (Å²) >= 11 is 0. The van der Waals surface area contributed by atoms with Crippen molar-refractivity contribution in [2.24, 2.45) is 5.73 Å². The van der Waals surface area contributed by atoms with Gasteiger partial charge in [-0.15, -0.1) is 0 Å². The predicted molar refractivity (Wildman–Crippen MR) is 90.8 cm³/mol. The zero-order valence-electron chi connectivity index (χ0n) is 12.9. The van der Waals surface area contributed by atoms with Gasteiger partial charge in [0.15, 0.2) is 0 Å². The highest BCUT2D eigenvalue weighted by Gasteiger charge is 2.13. The van der Waals surface area contributed by atoms with E-state index in [0.717, 1.165) is 13.1 Å². The van der Waals surface area contributed by atoms with Crippen LogP contribution in [-0.4, -0.2) is 38.1 Å². The average molecular weight is 283 g/mol. The molecule has 1 saturated heterocycles. The Labute approximate surface area is 127 Å². The minimum atomic E-state index is 0.596. The fourth-order valence-corrected chi connectivity index (χ4v) is 3.27. The number of rotatable bonds is 5. The molecule has 3 heteroatoms. The van der Waals surface area contributed by atoms with Crippen molar-refractivity contribution in [3.63, 3.8) is 0 Å². The maximum Gasteiger partial charge on any atom is 0.0443 e. The topological polar surface area (TPSA) is 32.5 Å². The number of benzene rings is 2. The fourth-order valence-electron chi connectivity index (χ4n) is 3.27. The second-order valence-corrected chi connectivity index (χ2v) is 5.96. The molecule has 0 aromatic heterocycles. The number of nitrogens with two attached hydrogens (primary N) is 1. The molecular formula is C18H25N3. The molecule has 0 saturated carbocycles. The van der Waals surface area contributed by atoms with Crippen molar-refractivity contribution in [1.29, 1.82) is 0 Å². The number of fused-ring (bicyclic) bond motifs is 1. The largest absolute Gasteiger partial charge is 0.373 e. The molecule has 21 heavy (non-hydrogen) atoms. The molecule has 0 spiro atoms.